The minimum atomic E-state index is 0.132. The van der Waals surface area contributed by atoms with Gasteiger partial charge in [-0.25, -0.2) is 0 Å². The van der Waals surface area contributed by atoms with Crippen LogP contribution in [0.1, 0.15) is 23.6 Å². The lowest BCUT2D eigenvalue weighted by Crippen LogP contribution is -2.28. The number of hydrazine groups is 1. The van der Waals surface area contributed by atoms with Crippen LogP contribution in [0.3, 0.4) is 0 Å². The lowest BCUT2D eigenvalue weighted by molar-refractivity contribution is 0.514. The minimum absolute atomic E-state index is 0.132. The van der Waals surface area contributed by atoms with Crippen LogP contribution in [-0.2, 0) is 6.42 Å². The summed E-state index contributed by atoms with van der Waals surface area (Å²) in [5.41, 5.74) is 5.41. The molecule has 2 rings (SSSR count). The van der Waals surface area contributed by atoms with Crippen LogP contribution in [0.25, 0.3) is 0 Å². The summed E-state index contributed by atoms with van der Waals surface area (Å²) in [7, 11) is 0. The van der Waals surface area contributed by atoms with Crippen LogP contribution in [-0.4, -0.2) is 0 Å². The van der Waals surface area contributed by atoms with Gasteiger partial charge in [-0.15, -0.1) is 0 Å². The Morgan fingerprint density at radius 2 is 1.79 bits per heavy atom. The first-order valence-electron chi connectivity index (χ1n) is 6.15. The molecule has 0 amide bonds. The van der Waals surface area contributed by atoms with Crippen molar-refractivity contribution in [1.29, 1.82) is 0 Å². The van der Waals surface area contributed by atoms with Gasteiger partial charge in [0.05, 0.1) is 0 Å². The van der Waals surface area contributed by atoms with Crippen molar-refractivity contribution in [2.45, 2.75) is 18.9 Å². The number of benzene rings is 2. The van der Waals surface area contributed by atoms with Crippen molar-refractivity contribution in [3.63, 3.8) is 0 Å². The lowest BCUT2D eigenvalue weighted by atomic mass is 9.99. The van der Waals surface area contributed by atoms with Crippen LogP contribution in [0.4, 0.5) is 0 Å². The molecule has 19 heavy (non-hydrogen) atoms. The van der Waals surface area contributed by atoms with Crippen molar-refractivity contribution in [3.05, 3.63) is 68.6 Å². The van der Waals surface area contributed by atoms with E-state index in [9.17, 15) is 0 Å². The zero-order valence-corrected chi connectivity index (χ0v) is 13.6. The fourth-order valence-corrected chi connectivity index (χ4v) is 2.97. The molecule has 0 fully saturated rings. The zero-order valence-electron chi connectivity index (χ0n) is 10.4. The molecule has 3 N–H and O–H groups in total. The van der Waals surface area contributed by atoms with Gasteiger partial charge in [0.15, 0.2) is 0 Å². The van der Waals surface area contributed by atoms with E-state index in [0.29, 0.717) is 0 Å². The van der Waals surface area contributed by atoms with Gasteiger partial charge in [0.25, 0.3) is 0 Å². The van der Waals surface area contributed by atoms with Crippen LogP contribution < -0.4 is 11.3 Å². The Morgan fingerprint density at radius 1 is 1.05 bits per heavy atom. The number of aryl methyl sites for hydroxylation is 1. The molecule has 2 aromatic carbocycles. The topological polar surface area (TPSA) is 38.0 Å². The van der Waals surface area contributed by atoms with Crippen molar-refractivity contribution >= 4 is 31.9 Å². The molecular weight excluding hydrogens is 368 g/mol. The third-order valence-corrected chi connectivity index (χ3v) is 4.31. The first-order chi connectivity index (χ1) is 9.20. The van der Waals surface area contributed by atoms with Gasteiger partial charge in [0, 0.05) is 15.0 Å². The molecule has 0 aromatic heterocycles. The summed E-state index contributed by atoms with van der Waals surface area (Å²) in [5, 5.41) is 0. The Morgan fingerprint density at radius 3 is 2.47 bits per heavy atom. The molecule has 0 radical (unpaired) electrons. The molecule has 0 aliphatic carbocycles. The Hall–Kier alpha value is -0.680. The van der Waals surface area contributed by atoms with E-state index in [0.717, 1.165) is 21.8 Å². The van der Waals surface area contributed by atoms with Crippen LogP contribution in [0, 0.1) is 0 Å². The quantitative estimate of drug-likeness (QED) is 0.595. The normalized spacial score (nSPS) is 12.4. The monoisotopic (exact) mass is 382 g/mol. The smallest absolute Gasteiger partial charge is 0.0474 e. The van der Waals surface area contributed by atoms with Crippen molar-refractivity contribution < 1.29 is 0 Å². The van der Waals surface area contributed by atoms with Gasteiger partial charge >= 0.3 is 0 Å². The zero-order chi connectivity index (χ0) is 13.7. The predicted molar refractivity (Wildman–Crippen MR) is 86.7 cm³/mol. The third-order valence-electron chi connectivity index (χ3n) is 3.10. The maximum absolute atomic E-state index is 5.70. The summed E-state index contributed by atoms with van der Waals surface area (Å²) in [6.45, 7) is 0. The number of nitrogens with one attached hydrogen (secondary N) is 1. The van der Waals surface area contributed by atoms with E-state index >= 15 is 0 Å². The maximum Gasteiger partial charge on any atom is 0.0474 e. The fourth-order valence-electron chi connectivity index (χ4n) is 2.07. The fraction of sp³-hybridized carbons (Fsp3) is 0.200. The SMILES string of the molecule is NNC(CCc1ccccc1)c1cc(Br)ccc1Br. The molecule has 0 saturated carbocycles. The highest BCUT2D eigenvalue weighted by atomic mass is 79.9. The van der Waals surface area contributed by atoms with Crippen molar-refractivity contribution in [2.24, 2.45) is 5.84 Å². The summed E-state index contributed by atoms with van der Waals surface area (Å²) in [6.07, 6.45) is 1.95. The Labute approximate surface area is 130 Å². The number of hydrogen-bond donors (Lipinski definition) is 2. The Kier molecular flexibility index (Phi) is 5.58. The molecular formula is C15H16Br2N2. The van der Waals surface area contributed by atoms with Crippen LogP contribution >= 0.6 is 31.9 Å². The summed E-state index contributed by atoms with van der Waals surface area (Å²) in [6, 6.07) is 16.7. The second-order valence-corrected chi connectivity index (χ2v) is 6.18. The molecule has 1 unspecified atom stereocenters. The van der Waals surface area contributed by atoms with E-state index in [1.807, 2.05) is 18.2 Å². The van der Waals surface area contributed by atoms with E-state index in [1.165, 1.54) is 11.1 Å². The van der Waals surface area contributed by atoms with Gasteiger partial charge in [0.1, 0.15) is 0 Å². The third kappa shape index (κ3) is 4.14. The molecule has 4 heteroatoms. The molecule has 0 spiro atoms. The summed E-state index contributed by atoms with van der Waals surface area (Å²) >= 11 is 7.08. The largest absolute Gasteiger partial charge is 0.271 e. The van der Waals surface area contributed by atoms with Crippen LogP contribution in [0.5, 0.6) is 0 Å². The van der Waals surface area contributed by atoms with Gasteiger partial charge < -0.3 is 0 Å². The van der Waals surface area contributed by atoms with Crippen LogP contribution in [0.2, 0.25) is 0 Å². The molecule has 1 atom stereocenters. The minimum Gasteiger partial charge on any atom is -0.271 e. The van der Waals surface area contributed by atoms with Crippen molar-refractivity contribution in [3.8, 4) is 0 Å². The number of nitrogens with two attached hydrogens (primary N) is 1. The van der Waals surface area contributed by atoms with E-state index < -0.39 is 0 Å². The van der Waals surface area contributed by atoms with Gasteiger partial charge in [-0.1, -0.05) is 62.2 Å². The molecule has 0 heterocycles. The van der Waals surface area contributed by atoms with E-state index in [1.54, 1.807) is 0 Å². The Balaban J connectivity index is 2.10. The molecule has 0 aliphatic heterocycles. The number of rotatable bonds is 5. The number of halogens is 2. The second-order valence-electron chi connectivity index (χ2n) is 4.41. The van der Waals surface area contributed by atoms with Gasteiger partial charge in [0.2, 0.25) is 0 Å². The first-order valence-corrected chi connectivity index (χ1v) is 7.74. The van der Waals surface area contributed by atoms with E-state index in [2.05, 4.69) is 67.6 Å². The average Bonchev–Trinajstić information content (AvgIpc) is 2.44. The number of hydrogen-bond acceptors (Lipinski definition) is 2. The molecule has 2 nitrogen and oxygen atoms in total. The highest BCUT2D eigenvalue weighted by molar-refractivity contribution is 9.11. The van der Waals surface area contributed by atoms with E-state index in [4.69, 9.17) is 5.84 Å². The van der Waals surface area contributed by atoms with Crippen LogP contribution in [0.15, 0.2) is 57.5 Å². The van der Waals surface area contributed by atoms with Gasteiger partial charge in [-0.05, 0) is 42.2 Å². The molecule has 100 valence electrons. The Bertz CT molecular complexity index is 529. The first kappa shape index (κ1) is 14.7. The average molecular weight is 384 g/mol. The second kappa shape index (κ2) is 7.20. The highest BCUT2D eigenvalue weighted by Crippen LogP contribution is 2.29. The van der Waals surface area contributed by atoms with E-state index in [-0.39, 0.29) is 6.04 Å². The maximum atomic E-state index is 5.70. The molecule has 0 bridgehead atoms. The highest BCUT2D eigenvalue weighted by Gasteiger charge is 2.13. The molecule has 0 saturated heterocycles. The molecule has 2 aromatic rings. The lowest BCUT2D eigenvalue weighted by Gasteiger charge is -2.18. The van der Waals surface area contributed by atoms with Gasteiger partial charge in [-0.3, -0.25) is 11.3 Å². The summed E-state index contributed by atoms with van der Waals surface area (Å²) in [5.74, 6) is 5.70. The van der Waals surface area contributed by atoms with Gasteiger partial charge in [-0.2, -0.15) is 0 Å². The van der Waals surface area contributed by atoms with Crippen molar-refractivity contribution in [1.82, 2.24) is 5.43 Å². The summed E-state index contributed by atoms with van der Waals surface area (Å²) in [4.78, 5) is 0. The standard InChI is InChI=1S/C15H16Br2N2/c16-12-7-8-14(17)13(10-12)15(19-18)9-6-11-4-2-1-3-5-11/h1-5,7-8,10,15,19H,6,9,18H2. The summed E-state index contributed by atoms with van der Waals surface area (Å²) < 4.78 is 2.14. The molecule has 0 aliphatic rings. The van der Waals surface area contributed by atoms with Crippen molar-refractivity contribution in [2.75, 3.05) is 0 Å². The predicted octanol–water partition coefficient (Wildman–Crippen LogP) is 4.35.